The second-order valence-corrected chi connectivity index (χ2v) is 6.44. The summed E-state index contributed by atoms with van der Waals surface area (Å²) >= 11 is 0. The van der Waals surface area contributed by atoms with E-state index in [2.05, 4.69) is 15.5 Å². The standard InChI is InChI=1S/C23H19N3O3/c1-15-9-8-13-18(20(15)28-2)22(27)24-19-14-7-6-12-17(19)23-25-21(26-29-23)16-10-4-3-5-11-16/h3-14H,1-2H3,(H,24,27). The van der Waals surface area contributed by atoms with Crippen molar-refractivity contribution in [3.8, 4) is 28.6 Å². The van der Waals surface area contributed by atoms with Gasteiger partial charge in [-0.05, 0) is 30.7 Å². The Labute approximate surface area is 168 Å². The monoisotopic (exact) mass is 385 g/mol. The van der Waals surface area contributed by atoms with Crippen molar-refractivity contribution in [2.75, 3.05) is 12.4 Å². The van der Waals surface area contributed by atoms with Crippen LogP contribution in [0.15, 0.2) is 77.3 Å². The molecule has 0 unspecified atom stereocenters. The average molecular weight is 385 g/mol. The maximum atomic E-state index is 12.9. The molecule has 1 aromatic heterocycles. The molecule has 1 heterocycles. The molecule has 6 nitrogen and oxygen atoms in total. The Morgan fingerprint density at radius 1 is 0.966 bits per heavy atom. The van der Waals surface area contributed by atoms with Gasteiger partial charge in [0.1, 0.15) is 5.75 Å². The normalized spacial score (nSPS) is 10.6. The van der Waals surface area contributed by atoms with Crippen molar-refractivity contribution in [3.63, 3.8) is 0 Å². The van der Waals surface area contributed by atoms with Crippen LogP contribution in [-0.2, 0) is 0 Å². The van der Waals surface area contributed by atoms with Crippen molar-refractivity contribution in [2.45, 2.75) is 6.92 Å². The zero-order chi connectivity index (χ0) is 20.2. The number of anilines is 1. The molecule has 4 rings (SSSR count). The van der Waals surface area contributed by atoms with Crippen LogP contribution in [0.3, 0.4) is 0 Å². The molecule has 1 amide bonds. The molecule has 0 aliphatic carbocycles. The number of aromatic nitrogens is 2. The fourth-order valence-corrected chi connectivity index (χ4v) is 3.11. The van der Waals surface area contributed by atoms with Crippen molar-refractivity contribution in [1.82, 2.24) is 10.1 Å². The van der Waals surface area contributed by atoms with Crippen LogP contribution in [0, 0.1) is 6.92 Å². The van der Waals surface area contributed by atoms with E-state index in [1.807, 2.05) is 67.6 Å². The van der Waals surface area contributed by atoms with Gasteiger partial charge >= 0.3 is 0 Å². The van der Waals surface area contributed by atoms with Crippen LogP contribution in [-0.4, -0.2) is 23.2 Å². The molecular weight excluding hydrogens is 366 g/mol. The Bertz CT molecular complexity index is 1150. The number of carbonyl (C=O) groups is 1. The number of methoxy groups -OCH3 is 1. The highest BCUT2D eigenvalue weighted by molar-refractivity contribution is 6.08. The van der Waals surface area contributed by atoms with Gasteiger partial charge in [0, 0.05) is 5.56 Å². The van der Waals surface area contributed by atoms with Gasteiger partial charge in [0.05, 0.1) is 23.9 Å². The number of benzene rings is 3. The minimum Gasteiger partial charge on any atom is -0.496 e. The van der Waals surface area contributed by atoms with E-state index in [0.29, 0.717) is 34.3 Å². The Hall–Kier alpha value is -3.93. The molecule has 3 aromatic carbocycles. The Balaban J connectivity index is 1.66. The van der Waals surface area contributed by atoms with Gasteiger partial charge in [-0.15, -0.1) is 0 Å². The van der Waals surface area contributed by atoms with Gasteiger partial charge in [0.15, 0.2) is 0 Å². The number of carbonyl (C=O) groups excluding carboxylic acids is 1. The third kappa shape index (κ3) is 3.73. The molecule has 1 N–H and O–H groups in total. The van der Waals surface area contributed by atoms with Crippen LogP contribution in [0.5, 0.6) is 5.75 Å². The van der Waals surface area contributed by atoms with Gasteiger partial charge in [-0.1, -0.05) is 59.8 Å². The SMILES string of the molecule is COc1c(C)cccc1C(=O)Nc1ccccc1-c1nc(-c2ccccc2)no1. The second kappa shape index (κ2) is 7.98. The summed E-state index contributed by atoms with van der Waals surface area (Å²) in [6.07, 6.45) is 0. The lowest BCUT2D eigenvalue weighted by Gasteiger charge is -2.12. The predicted molar refractivity (Wildman–Crippen MR) is 111 cm³/mol. The lowest BCUT2D eigenvalue weighted by Crippen LogP contribution is -2.14. The first kappa shape index (κ1) is 18.4. The van der Waals surface area contributed by atoms with E-state index in [9.17, 15) is 4.79 Å². The van der Waals surface area contributed by atoms with Gasteiger partial charge in [0.2, 0.25) is 5.82 Å². The topological polar surface area (TPSA) is 77.2 Å². The molecule has 0 aliphatic heterocycles. The molecule has 0 saturated heterocycles. The van der Waals surface area contributed by atoms with E-state index in [1.165, 1.54) is 0 Å². The summed E-state index contributed by atoms with van der Waals surface area (Å²) in [4.78, 5) is 17.4. The molecule has 0 radical (unpaired) electrons. The van der Waals surface area contributed by atoms with Crippen LogP contribution in [0.2, 0.25) is 0 Å². The molecule has 4 aromatic rings. The van der Waals surface area contributed by atoms with E-state index < -0.39 is 0 Å². The van der Waals surface area contributed by atoms with E-state index in [-0.39, 0.29) is 5.91 Å². The van der Waals surface area contributed by atoms with Crippen LogP contribution in [0.4, 0.5) is 5.69 Å². The summed E-state index contributed by atoms with van der Waals surface area (Å²) < 4.78 is 10.9. The van der Waals surface area contributed by atoms with Crippen LogP contribution >= 0.6 is 0 Å². The van der Waals surface area contributed by atoms with Crippen molar-refractivity contribution < 1.29 is 14.1 Å². The third-order valence-corrected chi connectivity index (χ3v) is 4.52. The van der Waals surface area contributed by atoms with Crippen LogP contribution < -0.4 is 10.1 Å². The molecule has 0 aliphatic rings. The molecular formula is C23H19N3O3. The van der Waals surface area contributed by atoms with Gasteiger partial charge in [0.25, 0.3) is 11.8 Å². The number of nitrogens with zero attached hydrogens (tertiary/aromatic N) is 2. The van der Waals surface area contributed by atoms with Crippen molar-refractivity contribution >= 4 is 11.6 Å². The number of hydrogen-bond donors (Lipinski definition) is 1. The molecule has 29 heavy (non-hydrogen) atoms. The Kier molecular flexibility index (Phi) is 5.07. The zero-order valence-electron chi connectivity index (χ0n) is 16.0. The maximum absolute atomic E-state index is 12.9. The predicted octanol–water partition coefficient (Wildman–Crippen LogP) is 4.97. The second-order valence-electron chi connectivity index (χ2n) is 6.44. The lowest BCUT2D eigenvalue weighted by atomic mass is 10.1. The van der Waals surface area contributed by atoms with Crippen LogP contribution in [0.25, 0.3) is 22.8 Å². The lowest BCUT2D eigenvalue weighted by molar-refractivity contribution is 0.102. The highest BCUT2D eigenvalue weighted by atomic mass is 16.5. The largest absolute Gasteiger partial charge is 0.496 e. The number of nitrogens with one attached hydrogen (secondary N) is 1. The maximum Gasteiger partial charge on any atom is 0.260 e. The number of ether oxygens (including phenoxy) is 1. The first-order valence-electron chi connectivity index (χ1n) is 9.11. The highest BCUT2D eigenvalue weighted by Crippen LogP contribution is 2.30. The molecule has 6 heteroatoms. The first-order valence-corrected chi connectivity index (χ1v) is 9.11. The van der Waals surface area contributed by atoms with Gasteiger partial charge < -0.3 is 14.6 Å². The third-order valence-electron chi connectivity index (χ3n) is 4.52. The molecule has 0 bridgehead atoms. The van der Waals surface area contributed by atoms with E-state index in [1.54, 1.807) is 19.2 Å². The minimum absolute atomic E-state index is 0.277. The number of aryl methyl sites for hydroxylation is 1. The Morgan fingerprint density at radius 2 is 1.72 bits per heavy atom. The van der Waals surface area contributed by atoms with Gasteiger partial charge in [-0.2, -0.15) is 4.98 Å². The number of rotatable bonds is 5. The average Bonchev–Trinajstić information content (AvgIpc) is 3.24. The summed E-state index contributed by atoms with van der Waals surface area (Å²) in [5, 5.41) is 6.99. The smallest absolute Gasteiger partial charge is 0.260 e. The van der Waals surface area contributed by atoms with Gasteiger partial charge in [-0.25, -0.2) is 0 Å². The number of para-hydroxylation sites is 2. The summed E-state index contributed by atoms with van der Waals surface area (Å²) in [5.74, 6) is 1.09. The van der Waals surface area contributed by atoms with Crippen molar-refractivity contribution in [1.29, 1.82) is 0 Å². The number of hydrogen-bond acceptors (Lipinski definition) is 5. The zero-order valence-corrected chi connectivity index (χ0v) is 16.0. The van der Waals surface area contributed by atoms with Crippen LogP contribution in [0.1, 0.15) is 15.9 Å². The molecule has 0 atom stereocenters. The van der Waals surface area contributed by atoms with E-state index in [0.717, 1.165) is 11.1 Å². The van der Waals surface area contributed by atoms with E-state index >= 15 is 0 Å². The fraction of sp³-hybridized carbons (Fsp3) is 0.0870. The first-order chi connectivity index (χ1) is 14.2. The minimum atomic E-state index is -0.277. The number of amides is 1. The Morgan fingerprint density at radius 3 is 2.52 bits per heavy atom. The van der Waals surface area contributed by atoms with Crippen molar-refractivity contribution in [3.05, 3.63) is 83.9 Å². The van der Waals surface area contributed by atoms with E-state index in [4.69, 9.17) is 9.26 Å². The summed E-state index contributed by atoms with van der Waals surface area (Å²) in [5.41, 5.74) is 3.41. The molecule has 0 saturated carbocycles. The molecule has 0 spiro atoms. The molecule has 0 fully saturated rings. The van der Waals surface area contributed by atoms with Gasteiger partial charge in [-0.3, -0.25) is 4.79 Å². The van der Waals surface area contributed by atoms with Crippen molar-refractivity contribution in [2.24, 2.45) is 0 Å². The summed E-state index contributed by atoms with van der Waals surface area (Å²) in [6, 6.07) is 22.3. The highest BCUT2D eigenvalue weighted by Gasteiger charge is 2.18. The summed E-state index contributed by atoms with van der Waals surface area (Å²) in [7, 11) is 1.55. The summed E-state index contributed by atoms with van der Waals surface area (Å²) in [6.45, 7) is 1.90. The quantitative estimate of drug-likeness (QED) is 0.525. The fourth-order valence-electron chi connectivity index (χ4n) is 3.11. The molecule has 144 valence electrons.